The van der Waals surface area contributed by atoms with Gasteiger partial charge in [-0.05, 0) is 50.0 Å². The molecule has 0 aliphatic carbocycles. The lowest BCUT2D eigenvalue weighted by molar-refractivity contribution is 0.255. The van der Waals surface area contributed by atoms with Crippen LogP contribution < -0.4 is 5.73 Å². The van der Waals surface area contributed by atoms with Crippen LogP contribution in [-0.2, 0) is 7.05 Å². The molecule has 0 unspecified atom stereocenters. The van der Waals surface area contributed by atoms with Crippen LogP contribution in [0.3, 0.4) is 0 Å². The molecule has 106 valence electrons. The minimum Gasteiger partial charge on any atom is -0.383 e. The lowest BCUT2D eigenvalue weighted by atomic mass is 9.85. The van der Waals surface area contributed by atoms with Gasteiger partial charge in [0.25, 0.3) is 0 Å². The summed E-state index contributed by atoms with van der Waals surface area (Å²) in [6, 6.07) is 8.63. The topological polar surface area (TPSA) is 47.1 Å². The fourth-order valence-corrected chi connectivity index (χ4v) is 3.07. The molecule has 1 aromatic carbocycles. The Bertz CT molecular complexity index is 594. The number of likely N-dealkylation sites (tertiary alicyclic amines) is 1. The quantitative estimate of drug-likeness (QED) is 0.912. The molecule has 0 atom stereocenters. The molecule has 2 N–H and O–H groups in total. The third kappa shape index (κ3) is 2.31. The Labute approximate surface area is 120 Å². The largest absolute Gasteiger partial charge is 0.383 e. The van der Waals surface area contributed by atoms with Crippen LogP contribution in [0.4, 0.5) is 5.82 Å². The summed E-state index contributed by atoms with van der Waals surface area (Å²) < 4.78 is 1.74. The van der Waals surface area contributed by atoms with Crippen LogP contribution in [-0.4, -0.2) is 34.8 Å². The van der Waals surface area contributed by atoms with E-state index >= 15 is 0 Å². The van der Waals surface area contributed by atoms with E-state index in [-0.39, 0.29) is 0 Å². The summed E-state index contributed by atoms with van der Waals surface area (Å²) in [4.78, 5) is 2.40. The van der Waals surface area contributed by atoms with Crippen LogP contribution in [0, 0.1) is 0 Å². The highest BCUT2D eigenvalue weighted by atomic mass is 15.3. The van der Waals surface area contributed by atoms with Gasteiger partial charge in [0.2, 0.25) is 0 Å². The second-order valence-electron chi connectivity index (χ2n) is 5.73. The Morgan fingerprint density at radius 2 is 1.80 bits per heavy atom. The monoisotopic (exact) mass is 270 g/mol. The molecule has 20 heavy (non-hydrogen) atoms. The first-order valence-electron chi connectivity index (χ1n) is 7.22. The van der Waals surface area contributed by atoms with E-state index in [0.717, 1.165) is 11.4 Å². The van der Waals surface area contributed by atoms with E-state index in [9.17, 15) is 0 Å². The highest BCUT2D eigenvalue weighted by Crippen LogP contribution is 2.36. The Balaban J connectivity index is 1.98. The molecule has 0 saturated carbocycles. The van der Waals surface area contributed by atoms with Crippen molar-refractivity contribution in [2.24, 2.45) is 7.05 Å². The zero-order valence-electron chi connectivity index (χ0n) is 12.2. The molecule has 0 amide bonds. The molecule has 4 nitrogen and oxygen atoms in total. The third-order valence-electron chi connectivity index (χ3n) is 4.39. The molecule has 1 aliphatic rings. The van der Waals surface area contributed by atoms with Crippen molar-refractivity contribution in [3.8, 4) is 11.1 Å². The number of aromatic nitrogens is 2. The molecule has 0 spiro atoms. The molecule has 1 fully saturated rings. The second-order valence-corrected chi connectivity index (χ2v) is 5.73. The van der Waals surface area contributed by atoms with Gasteiger partial charge < -0.3 is 10.6 Å². The smallest absolute Gasteiger partial charge is 0.129 e. The number of nitrogen functional groups attached to an aromatic ring is 1. The second kappa shape index (κ2) is 5.29. The van der Waals surface area contributed by atoms with E-state index in [0.29, 0.717) is 5.92 Å². The van der Waals surface area contributed by atoms with Gasteiger partial charge in [0.15, 0.2) is 0 Å². The summed E-state index contributed by atoms with van der Waals surface area (Å²) in [5.74, 6) is 1.37. The van der Waals surface area contributed by atoms with Crippen LogP contribution in [0.1, 0.15) is 24.3 Å². The zero-order valence-corrected chi connectivity index (χ0v) is 12.2. The number of piperidine rings is 1. The molecular formula is C16H22N4. The van der Waals surface area contributed by atoms with Gasteiger partial charge in [0, 0.05) is 12.6 Å². The number of nitrogens with two attached hydrogens (primary N) is 1. The SMILES string of the molecule is CN1CCC(c2ccccc2-c2cnn(C)c2N)CC1. The predicted molar refractivity (Wildman–Crippen MR) is 82.5 cm³/mol. The van der Waals surface area contributed by atoms with E-state index in [1.165, 1.54) is 37.1 Å². The maximum Gasteiger partial charge on any atom is 0.129 e. The lowest BCUT2D eigenvalue weighted by Crippen LogP contribution is -2.29. The number of hydrogen-bond donors (Lipinski definition) is 1. The van der Waals surface area contributed by atoms with Crippen molar-refractivity contribution in [3.63, 3.8) is 0 Å². The summed E-state index contributed by atoms with van der Waals surface area (Å²) in [6.07, 6.45) is 4.31. The average molecular weight is 270 g/mol. The van der Waals surface area contributed by atoms with Gasteiger partial charge in [0.1, 0.15) is 5.82 Å². The molecule has 4 heteroatoms. The Morgan fingerprint density at radius 3 is 2.45 bits per heavy atom. The van der Waals surface area contributed by atoms with Gasteiger partial charge in [-0.3, -0.25) is 4.68 Å². The van der Waals surface area contributed by atoms with Crippen LogP contribution >= 0.6 is 0 Å². The highest BCUT2D eigenvalue weighted by Gasteiger charge is 2.22. The first kappa shape index (κ1) is 13.2. The summed E-state index contributed by atoms with van der Waals surface area (Å²) in [5, 5.41) is 4.27. The minimum atomic E-state index is 0.627. The van der Waals surface area contributed by atoms with Gasteiger partial charge in [0.05, 0.1) is 6.20 Å². The molecular weight excluding hydrogens is 248 g/mol. The number of anilines is 1. The van der Waals surface area contributed by atoms with Gasteiger partial charge >= 0.3 is 0 Å². The Kier molecular flexibility index (Phi) is 3.49. The van der Waals surface area contributed by atoms with E-state index in [2.05, 4.69) is 41.3 Å². The van der Waals surface area contributed by atoms with Crippen LogP contribution in [0.5, 0.6) is 0 Å². The van der Waals surface area contributed by atoms with E-state index < -0.39 is 0 Å². The molecule has 1 saturated heterocycles. The van der Waals surface area contributed by atoms with Gasteiger partial charge in [-0.2, -0.15) is 5.10 Å². The van der Waals surface area contributed by atoms with Gasteiger partial charge in [-0.1, -0.05) is 24.3 Å². The highest BCUT2D eigenvalue weighted by molar-refractivity contribution is 5.76. The first-order chi connectivity index (χ1) is 9.66. The third-order valence-corrected chi connectivity index (χ3v) is 4.39. The number of hydrogen-bond acceptors (Lipinski definition) is 3. The summed E-state index contributed by atoms with van der Waals surface area (Å²) in [5.41, 5.74) is 9.86. The Hall–Kier alpha value is -1.81. The van der Waals surface area contributed by atoms with Crippen LogP contribution in [0.2, 0.25) is 0 Å². The predicted octanol–water partition coefficient (Wildman–Crippen LogP) is 2.48. The molecule has 0 radical (unpaired) electrons. The van der Waals surface area contributed by atoms with Gasteiger partial charge in [-0.25, -0.2) is 0 Å². The fourth-order valence-electron chi connectivity index (χ4n) is 3.07. The summed E-state index contributed by atoms with van der Waals surface area (Å²) in [7, 11) is 4.08. The molecule has 3 rings (SSSR count). The van der Waals surface area contributed by atoms with Crippen molar-refractivity contribution >= 4 is 5.82 Å². The average Bonchev–Trinajstić information content (AvgIpc) is 2.80. The maximum atomic E-state index is 6.15. The standard InChI is InChI=1S/C16H22N4/c1-19-9-7-12(8-10-19)13-5-3-4-6-14(13)15-11-18-20(2)16(15)17/h3-6,11-12H,7-10,17H2,1-2H3. The van der Waals surface area contributed by atoms with E-state index in [1.54, 1.807) is 4.68 Å². The number of nitrogens with zero attached hydrogens (tertiary/aromatic N) is 3. The Morgan fingerprint density at radius 1 is 1.10 bits per heavy atom. The number of aryl methyl sites for hydroxylation is 1. The summed E-state index contributed by atoms with van der Waals surface area (Å²) >= 11 is 0. The van der Waals surface area contributed by atoms with Crippen LogP contribution in [0.15, 0.2) is 30.5 Å². The molecule has 1 aromatic heterocycles. The molecule has 0 bridgehead atoms. The van der Waals surface area contributed by atoms with Gasteiger partial charge in [-0.15, -0.1) is 0 Å². The molecule has 1 aliphatic heterocycles. The minimum absolute atomic E-state index is 0.627. The molecule has 2 heterocycles. The van der Waals surface area contributed by atoms with Crippen molar-refractivity contribution in [2.75, 3.05) is 25.9 Å². The van der Waals surface area contributed by atoms with Crippen molar-refractivity contribution in [1.29, 1.82) is 0 Å². The van der Waals surface area contributed by atoms with Crippen molar-refractivity contribution < 1.29 is 0 Å². The molecule has 2 aromatic rings. The maximum absolute atomic E-state index is 6.15. The van der Waals surface area contributed by atoms with Crippen molar-refractivity contribution in [1.82, 2.24) is 14.7 Å². The zero-order chi connectivity index (χ0) is 14.1. The summed E-state index contributed by atoms with van der Waals surface area (Å²) in [6.45, 7) is 2.34. The number of benzene rings is 1. The van der Waals surface area contributed by atoms with Crippen molar-refractivity contribution in [3.05, 3.63) is 36.0 Å². The van der Waals surface area contributed by atoms with Crippen molar-refractivity contribution in [2.45, 2.75) is 18.8 Å². The lowest BCUT2D eigenvalue weighted by Gasteiger charge is -2.30. The normalized spacial score (nSPS) is 17.5. The van der Waals surface area contributed by atoms with E-state index in [1.807, 2.05) is 13.2 Å². The van der Waals surface area contributed by atoms with E-state index in [4.69, 9.17) is 5.73 Å². The van der Waals surface area contributed by atoms with Crippen LogP contribution in [0.25, 0.3) is 11.1 Å². The fraction of sp³-hybridized carbons (Fsp3) is 0.438. The first-order valence-corrected chi connectivity index (χ1v) is 7.22. The number of rotatable bonds is 2.